The Hall–Kier alpha value is -2.28. The van der Waals surface area contributed by atoms with Crippen molar-refractivity contribution >= 4 is 23.9 Å². The molecular formula is C49H78O12. The van der Waals surface area contributed by atoms with Crippen LogP contribution in [0, 0.1) is 51.8 Å². The van der Waals surface area contributed by atoms with Crippen LogP contribution in [0.25, 0.3) is 0 Å². The number of fused-ring (bicyclic) bond motifs is 3. The van der Waals surface area contributed by atoms with Gasteiger partial charge in [0.15, 0.2) is 24.3 Å². The van der Waals surface area contributed by atoms with Gasteiger partial charge in [0, 0.05) is 6.42 Å². The predicted molar refractivity (Wildman–Crippen MR) is 225 cm³/mol. The van der Waals surface area contributed by atoms with E-state index in [1.165, 1.54) is 38.5 Å². The van der Waals surface area contributed by atoms with E-state index in [1.54, 1.807) is 27.7 Å². The van der Waals surface area contributed by atoms with Crippen LogP contribution in [0.3, 0.4) is 0 Å². The molecule has 8 bridgehead atoms. The van der Waals surface area contributed by atoms with Gasteiger partial charge in [-0.05, 0) is 181 Å². The highest BCUT2D eigenvalue weighted by Crippen LogP contribution is 2.61. The van der Waals surface area contributed by atoms with Gasteiger partial charge in [-0.25, -0.2) is 4.79 Å². The van der Waals surface area contributed by atoms with Crippen LogP contribution in [-0.2, 0) is 52.3 Å². The number of hydrogen-bond acceptors (Lipinski definition) is 12. The highest BCUT2D eigenvalue weighted by Gasteiger charge is 2.65. The fraction of sp³-hybridized carbons (Fsp3) is 0.918. The zero-order valence-corrected chi connectivity index (χ0v) is 39.4. The van der Waals surface area contributed by atoms with Gasteiger partial charge in [-0.2, -0.15) is 0 Å². The van der Waals surface area contributed by atoms with E-state index in [1.807, 2.05) is 41.5 Å². The molecule has 3 heterocycles. The Labute approximate surface area is 364 Å². The maximum absolute atomic E-state index is 12.6. The monoisotopic (exact) mass is 859 g/mol. The molecule has 0 aromatic rings. The molecule has 12 nitrogen and oxygen atoms in total. The molecule has 7 unspecified atom stereocenters. The average Bonchev–Trinajstić information content (AvgIpc) is 3.76. The second kappa shape index (κ2) is 16.3. The van der Waals surface area contributed by atoms with Crippen molar-refractivity contribution in [2.24, 2.45) is 51.8 Å². The largest absolute Gasteiger partial charge is 0.459 e. The minimum atomic E-state index is -1.07. The van der Waals surface area contributed by atoms with E-state index in [0.717, 1.165) is 56.8 Å². The third kappa shape index (κ3) is 8.92. The van der Waals surface area contributed by atoms with Crippen LogP contribution in [0.1, 0.15) is 179 Å². The van der Waals surface area contributed by atoms with Gasteiger partial charge in [-0.1, -0.05) is 27.7 Å². The molecule has 11 rings (SSSR count). The summed E-state index contributed by atoms with van der Waals surface area (Å²) in [5, 5.41) is 10.6. The maximum Gasteiger partial charge on any atom is 0.350 e. The van der Waals surface area contributed by atoms with Crippen LogP contribution in [-0.4, -0.2) is 82.3 Å². The molecule has 8 saturated carbocycles. The van der Waals surface area contributed by atoms with Crippen molar-refractivity contribution < 1.29 is 57.4 Å². The molecule has 61 heavy (non-hydrogen) atoms. The summed E-state index contributed by atoms with van der Waals surface area (Å²) in [6.45, 7) is 23.2. The van der Waals surface area contributed by atoms with Gasteiger partial charge < -0.3 is 38.3 Å². The summed E-state index contributed by atoms with van der Waals surface area (Å²) in [6.07, 6.45) is 12.1. The Kier molecular flexibility index (Phi) is 12.5. The van der Waals surface area contributed by atoms with Crippen molar-refractivity contribution in [2.75, 3.05) is 0 Å². The third-order valence-electron chi connectivity index (χ3n) is 17.0. The van der Waals surface area contributed by atoms with Crippen LogP contribution in [0.5, 0.6) is 0 Å². The number of ether oxygens (including phenoxy) is 7. The van der Waals surface area contributed by atoms with Crippen molar-refractivity contribution in [1.29, 1.82) is 0 Å². The van der Waals surface area contributed by atoms with Gasteiger partial charge in [-0.3, -0.25) is 14.4 Å². The van der Waals surface area contributed by atoms with Gasteiger partial charge in [-0.15, -0.1) is 0 Å². The molecule has 0 radical (unpaired) electrons. The molecule has 0 spiro atoms. The van der Waals surface area contributed by atoms with Crippen molar-refractivity contribution in [3.8, 4) is 0 Å². The summed E-state index contributed by atoms with van der Waals surface area (Å²) in [6, 6.07) is 0. The van der Waals surface area contributed by atoms with E-state index in [9.17, 15) is 24.3 Å². The number of esters is 4. The minimum Gasteiger partial charge on any atom is -0.459 e. The number of carbonyl (C=O) groups excluding carboxylic acids is 4. The van der Waals surface area contributed by atoms with Gasteiger partial charge in [0.2, 0.25) is 6.10 Å². The van der Waals surface area contributed by atoms with Gasteiger partial charge >= 0.3 is 23.9 Å². The summed E-state index contributed by atoms with van der Waals surface area (Å²) in [7, 11) is 0. The Balaban J connectivity index is 0.000000138. The van der Waals surface area contributed by atoms with Crippen LogP contribution in [0.2, 0.25) is 0 Å². The van der Waals surface area contributed by atoms with E-state index in [2.05, 4.69) is 13.8 Å². The highest BCUT2D eigenvalue weighted by atomic mass is 16.9. The van der Waals surface area contributed by atoms with Gasteiger partial charge in [0.1, 0.15) is 17.3 Å². The summed E-state index contributed by atoms with van der Waals surface area (Å²) >= 11 is 0. The molecular weight excluding hydrogens is 781 g/mol. The SMILES string of the molecule is CCC(C)(C)C(=O)OC1(CC)C2CC3CC(C2)CC1C3.CCC(C)(C)C(=O)OC12CC3CC(CC(O)(C3)C1)C2.CCC(C)(C)C(=O)OC1C(=O)OC2C3OC(C)(C)OC3OC12. The minimum absolute atomic E-state index is 0.0364. The quantitative estimate of drug-likeness (QED) is 0.165. The van der Waals surface area contributed by atoms with Gasteiger partial charge in [0.25, 0.3) is 0 Å². The first-order valence-corrected chi connectivity index (χ1v) is 23.9. The zero-order valence-electron chi connectivity index (χ0n) is 39.4. The molecule has 3 aliphatic heterocycles. The number of carbonyl (C=O) groups is 4. The van der Waals surface area contributed by atoms with Crippen LogP contribution in [0.15, 0.2) is 0 Å². The molecule has 346 valence electrons. The third-order valence-corrected chi connectivity index (χ3v) is 17.0. The summed E-state index contributed by atoms with van der Waals surface area (Å²) in [5.41, 5.74) is -2.45. The van der Waals surface area contributed by atoms with E-state index in [4.69, 9.17) is 33.2 Å². The standard InChI is InChI=1S/C18H30O2.C16H26O3.C15H22O7/c1-5-17(3,4)16(19)20-18(6-2)14-8-12-7-13(10-14)11-15(18)9-12;1-4-14(2,3)13(17)19-16-8-11-5-12(9-16)7-15(18,6-11)10-16;1-6-14(2,3)13(17)20-9-7-8(18-11(9)16)10-12(19-7)22-15(4,5)21-10/h12-15H,5-11H2,1-4H3;11-12,18H,4-10H2,1-3H3;7-10,12H,6H2,1-5H3. The first-order valence-electron chi connectivity index (χ1n) is 23.9. The maximum atomic E-state index is 12.6. The molecule has 0 aromatic heterocycles. The normalized spacial score (nSPS) is 42.0. The van der Waals surface area contributed by atoms with Crippen molar-refractivity contribution in [2.45, 2.75) is 233 Å². The Bertz CT molecular complexity index is 1640. The highest BCUT2D eigenvalue weighted by molar-refractivity contribution is 5.84. The summed E-state index contributed by atoms with van der Waals surface area (Å²) in [4.78, 5) is 49.2. The lowest BCUT2D eigenvalue weighted by atomic mass is 9.49. The molecule has 11 aliphatic rings. The molecule has 1 N–H and O–H groups in total. The second-order valence-electron chi connectivity index (χ2n) is 23.3. The summed E-state index contributed by atoms with van der Waals surface area (Å²) < 4.78 is 39.9. The predicted octanol–water partition coefficient (Wildman–Crippen LogP) is 8.76. The van der Waals surface area contributed by atoms with E-state index < -0.39 is 64.9 Å². The van der Waals surface area contributed by atoms with E-state index in [0.29, 0.717) is 36.5 Å². The van der Waals surface area contributed by atoms with Crippen molar-refractivity contribution in [3.63, 3.8) is 0 Å². The first kappa shape index (κ1) is 46.7. The lowest BCUT2D eigenvalue weighted by Gasteiger charge is -2.60. The Morgan fingerprint density at radius 2 is 1.15 bits per heavy atom. The van der Waals surface area contributed by atoms with E-state index in [-0.39, 0.29) is 28.6 Å². The Morgan fingerprint density at radius 3 is 1.64 bits per heavy atom. The van der Waals surface area contributed by atoms with Crippen LogP contribution < -0.4 is 0 Å². The van der Waals surface area contributed by atoms with Crippen LogP contribution in [0.4, 0.5) is 0 Å². The number of hydrogen-bond donors (Lipinski definition) is 1. The molecule has 12 heteroatoms. The fourth-order valence-electron chi connectivity index (χ4n) is 12.7. The van der Waals surface area contributed by atoms with Gasteiger partial charge in [0.05, 0.1) is 21.8 Å². The van der Waals surface area contributed by atoms with Crippen LogP contribution >= 0.6 is 0 Å². The fourth-order valence-corrected chi connectivity index (χ4v) is 12.7. The molecule has 11 fully saturated rings. The topological polar surface area (TPSA) is 153 Å². The smallest absolute Gasteiger partial charge is 0.350 e. The molecule has 8 aliphatic carbocycles. The number of rotatable bonds is 10. The first-order chi connectivity index (χ1) is 28.3. The Morgan fingerprint density at radius 1 is 0.656 bits per heavy atom. The zero-order chi connectivity index (χ0) is 44.7. The molecule has 7 atom stereocenters. The molecule has 0 amide bonds. The van der Waals surface area contributed by atoms with Crippen molar-refractivity contribution in [3.05, 3.63) is 0 Å². The molecule has 0 aromatic carbocycles. The second-order valence-corrected chi connectivity index (χ2v) is 23.3. The lowest BCUT2D eigenvalue weighted by molar-refractivity contribution is -0.225. The average molecular weight is 859 g/mol. The van der Waals surface area contributed by atoms with Crippen molar-refractivity contribution in [1.82, 2.24) is 0 Å². The lowest BCUT2D eigenvalue weighted by Crippen LogP contribution is -2.61. The summed E-state index contributed by atoms with van der Waals surface area (Å²) in [5.74, 6) is 2.38. The van der Waals surface area contributed by atoms with E-state index >= 15 is 0 Å². The molecule has 3 saturated heterocycles. The number of aliphatic hydroxyl groups is 1.